The molecule has 4 heterocycles. The molecule has 0 aliphatic carbocycles. The Balaban J connectivity index is 1.46. The van der Waals surface area contributed by atoms with Gasteiger partial charge in [-0.3, -0.25) is 14.2 Å². The summed E-state index contributed by atoms with van der Waals surface area (Å²) in [4.78, 5) is 26.9. The van der Waals surface area contributed by atoms with Gasteiger partial charge in [0, 0.05) is 42.0 Å². The van der Waals surface area contributed by atoms with Crippen LogP contribution < -0.4 is 11.1 Å². The van der Waals surface area contributed by atoms with Gasteiger partial charge in [-0.15, -0.1) is 0 Å². The summed E-state index contributed by atoms with van der Waals surface area (Å²) < 4.78 is 7.87. The van der Waals surface area contributed by atoms with E-state index in [1.54, 1.807) is 24.5 Å². The third kappa shape index (κ3) is 5.02. The zero-order valence-electron chi connectivity index (χ0n) is 21.3. The number of hydrogen-bond donors (Lipinski definition) is 2. The Morgan fingerprint density at radius 2 is 1.85 bits per heavy atom. The van der Waals surface area contributed by atoms with Crippen LogP contribution in [0.5, 0.6) is 0 Å². The molecular weight excluding hydrogens is 488 g/mol. The molecule has 0 saturated carbocycles. The molecule has 2 aromatic carbocycles. The third-order valence-corrected chi connectivity index (χ3v) is 6.94. The average molecular weight is 517 g/mol. The third-order valence-electron chi connectivity index (χ3n) is 6.94. The van der Waals surface area contributed by atoms with E-state index in [-0.39, 0.29) is 11.8 Å². The molecule has 0 bridgehead atoms. The van der Waals surface area contributed by atoms with Gasteiger partial charge in [0.25, 0.3) is 5.91 Å². The van der Waals surface area contributed by atoms with Crippen molar-refractivity contribution >= 4 is 23.3 Å². The highest BCUT2D eigenvalue weighted by Gasteiger charge is 2.25. The van der Waals surface area contributed by atoms with Gasteiger partial charge in [0.2, 0.25) is 0 Å². The smallest absolute Gasteiger partial charge is 0.256 e. The van der Waals surface area contributed by atoms with E-state index in [9.17, 15) is 4.79 Å². The lowest BCUT2D eigenvalue weighted by atomic mass is 9.99. The maximum atomic E-state index is 12.8. The van der Waals surface area contributed by atoms with E-state index in [1.165, 1.54) is 0 Å². The minimum Gasteiger partial charge on any atom is -0.405 e. The first kappa shape index (κ1) is 24.5. The number of amides is 1. The van der Waals surface area contributed by atoms with Gasteiger partial charge in [0.1, 0.15) is 11.6 Å². The monoisotopic (exact) mass is 516 g/mol. The number of nitrogens with zero attached hydrogens (tertiary/aromatic N) is 4. The maximum absolute atomic E-state index is 12.8. The van der Waals surface area contributed by atoms with Gasteiger partial charge in [-0.25, -0.2) is 9.97 Å². The SMILES string of the molecule is N/C=C/c1cccc(-c2cncc3c(-c4ccnc(NC(=O)c5ccccc5)c4)nc(C4CCOCC4)n23)c1. The van der Waals surface area contributed by atoms with Crippen molar-refractivity contribution < 1.29 is 9.53 Å². The summed E-state index contributed by atoms with van der Waals surface area (Å²) in [5.74, 6) is 1.47. The van der Waals surface area contributed by atoms with Crippen molar-refractivity contribution in [3.63, 3.8) is 0 Å². The molecule has 3 aromatic heterocycles. The van der Waals surface area contributed by atoms with E-state index < -0.39 is 0 Å². The number of anilines is 1. The normalized spacial score (nSPS) is 14.2. The van der Waals surface area contributed by atoms with Gasteiger partial charge in [-0.2, -0.15) is 0 Å². The second-order valence-corrected chi connectivity index (χ2v) is 9.45. The molecule has 1 fully saturated rings. The number of nitrogens with one attached hydrogen (secondary N) is 1. The standard InChI is InChI=1S/C31H28N6O2/c32-13-9-21-5-4-8-24(17-21)26-19-33-20-27-29(36-30(37(26)27)22-11-15-39-16-12-22)25-10-14-34-28(18-25)35-31(38)23-6-2-1-3-7-23/h1-10,13-14,17-20,22H,11-12,15-16,32H2,(H,34,35,38)/b13-9+. The zero-order chi connectivity index (χ0) is 26.6. The molecule has 194 valence electrons. The molecule has 0 atom stereocenters. The van der Waals surface area contributed by atoms with Gasteiger partial charge in [-0.1, -0.05) is 36.4 Å². The molecule has 39 heavy (non-hydrogen) atoms. The number of imidazole rings is 1. The predicted molar refractivity (Wildman–Crippen MR) is 152 cm³/mol. The van der Waals surface area contributed by atoms with E-state index in [2.05, 4.69) is 31.8 Å². The van der Waals surface area contributed by atoms with Crippen LogP contribution in [0.25, 0.3) is 34.1 Å². The zero-order valence-corrected chi connectivity index (χ0v) is 21.3. The second kappa shape index (κ2) is 10.9. The molecule has 8 heteroatoms. The Bertz CT molecular complexity index is 1650. The van der Waals surface area contributed by atoms with E-state index >= 15 is 0 Å². The number of ether oxygens (including phenoxy) is 1. The van der Waals surface area contributed by atoms with Crippen molar-refractivity contribution in [1.82, 2.24) is 19.4 Å². The van der Waals surface area contributed by atoms with Crippen molar-refractivity contribution in [1.29, 1.82) is 0 Å². The lowest BCUT2D eigenvalue weighted by molar-refractivity contribution is 0.0835. The highest BCUT2D eigenvalue weighted by Crippen LogP contribution is 2.35. The molecule has 1 aliphatic rings. The molecule has 3 N–H and O–H groups in total. The fraction of sp³-hybridized carbons (Fsp3) is 0.161. The highest BCUT2D eigenvalue weighted by molar-refractivity contribution is 6.04. The van der Waals surface area contributed by atoms with Gasteiger partial charge in [-0.05, 0) is 61.0 Å². The minimum atomic E-state index is -0.215. The van der Waals surface area contributed by atoms with E-state index in [0.29, 0.717) is 24.6 Å². The van der Waals surface area contributed by atoms with E-state index in [1.807, 2.05) is 60.9 Å². The summed E-state index contributed by atoms with van der Waals surface area (Å²) in [5, 5.41) is 2.91. The Labute approximate surface area is 226 Å². The number of hydrogen-bond acceptors (Lipinski definition) is 6. The predicted octanol–water partition coefficient (Wildman–Crippen LogP) is 5.53. The number of carbonyl (C=O) groups is 1. The van der Waals surface area contributed by atoms with Crippen LogP contribution in [0.15, 0.2) is 91.5 Å². The molecule has 5 aromatic rings. The molecular formula is C31H28N6O2. The lowest BCUT2D eigenvalue weighted by Gasteiger charge is -2.22. The molecule has 0 unspecified atom stereocenters. The number of carbonyl (C=O) groups excluding carboxylic acids is 1. The summed E-state index contributed by atoms with van der Waals surface area (Å²) in [6.45, 7) is 1.41. The van der Waals surface area contributed by atoms with Crippen molar-refractivity contribution in [3.8, 4) is 22.5 Å². The first-order valence-corrected chi connectivity index (χ1v) is 13.0. The molecule has 1 amide bonds. The average Bonchev–Trinajstić information content (AvgIpc) is 3.39. The second-order valence-electron chi connectivity index (χ2n) is 9.45. The van der Waals surface area contributed by atoms with Crippen molar-refractivity contribution in [2.75, 3.05) is 18.5 Å². The van der Waals surface area contributed by atoms with Crippen LogP contribution in [-0.4, -0.2) is 38.5 Å². The number of aromatic nitrogens is 4. The Hall–Kier alpha value is -4.82. The minimum absolute atomic E-state index is 0.215. The topological polar surface area (TPSA) is 107 Å². The summed E-state index contributed by atoms with van der Waals surface area (Å²) in [7, 11) is 0. The fourth-order valence-corrected chi connectivity index (χ4v) is 5.04. The molecule has 8 nitrogen and oxygen atoms in total. The van der Waals surface area contributed by atoms with Crippen molar-refractivity contribution in [3.05, 3.63) is 108 Å². The van der Waals surface area contributed by atoms with Crippen molar-refractivity contribution in [2.45, 2.75) is 18.8 Å². The Morgan fingerprint density at radius 3 is 2.67 bits per heavy atom. The lowest BCUT2D eigenvalue weighted by Crippen LogP contribution is -2.17. The molecule has 1 saturated heterocycles. The molecule has 1 aliphatic heterocycles. The Kier molecular flexibility index (Phi) is 6.84. The van der Waals surface area contributed by atoms with Crippen LogP contribution in [0.2, 0.25) is 0 Å². The van der Waals surface area contributed by atoms with Crippen LogP contribution in [0.4, 0.5) is 5.82 Å². The quantitative estimate of drug-likeness (QED) is 0.307. The molecule has 0 spiro atoms. The molecule has 0 radical (unpaired) electrons. The van der Waals surface area contributed by atoms with Gasteiger partial charge >= 0.3 is 0 Å². The molecule has 6 rings (SSSR count). The van der Waals surface area contributed by atoms with Crippen LogP contribution in [-0.2, 0) is 4.74 Å². The van der Waals surface area contributed by atoms with Gasteiger partial charge in [0.05, 0.1) is 29.3 Å². The van der Waals surface area contributed by atoms with E-state index in [0.717, 1.165) is 52.3 Å². The summed E-state index contributed by atoms with van der Waals surface area (Å²) in [5.41, 5.74) is 11.7. The Morgan fingerprint density at radius 1 is 1.00 bits per heavy atom. The first-order valence-electron chi connectivity index (χ1n) is 13.0. The number of nitrogens with two attached hydrogens (primary N) is 1. The maximum Gasteiger partial charge on any atom is 0.256 e. The van der Waals surface area contributed by atoms with Gasteiger partial charge < -0.3 is 15.8 Å². The first-order chi connectivity index (χ1) is 19.2. The summed E-state index contributed by atoms with van der Waals surface area (Å²) in [6.07, 6.45) is 10.6. The summed E-state index contributed by atoms with van der Waals surface area (Å²) in [6, 6.07) is 21.1. The van der Waals surface area contributed by atoms with Crippen LogP contribution in [0.3, 0.4) is 0 Å². The van der Waals surface area contributed by atoms with Gasteiger partial charge in [0.15, 0.2) is 0 Å². The van der Waals surface area contributed by atoms with Crippen LogP contribution >= 0.6 is 0 Å². The number of rotatable bonds is 6. The van der Waals surface area contributed by atoms with E-state index in [4.69, 9.17) is 15.5 Å². The number of fused-ring (bicyclic) bond motifs is 1. The summed E-state index contributed by atoms with van der Waals surface area (Å²) >= 11 is 0. The highest BCUT2D eigenvalue weighted by atomic mass is 16.5. The number of benzene rings is 2. The fourth-order valence-electron chi connectivity index (χ4n) is 5.04. The van der Waals surface area contributed by atoms with Crippen molar-refractivity contribution in [2.24, 2.45) is 5.73 Å². The largest absolute Gasteiger partial charge is 0.405 e. The number of pyridine rings is 1. The van der Waals surface area contributed by atoms with Crippen LogP contribution in [0.1, 0.15) is 40.5 Å². The van der Waals surface area contributed by atoms with Crippen LogP contribution in [0, 0.1) is 0 Å².